The molecule has 4 rings (SSSR count). The number of anilines is 1. The Balaban J connectivity index is 1.90. The molecular formula is C27H25FN2O5. The molecule has 0 saturated carbocycles. The lowest BCUT2D eigenvalue weighted by molar-refractivity contribution is 0.102. The van der Waals surface area contributed by atoms with Gasteiger partial charge >= 0.3 is 0 Å². The van der Waals surface area contributed by atoms with Crippen molar-refractivity contribution in [1.29, 1.82) is 0 Å². The van der Waals surface area contributed by atoms with Gasteiger partial charge in [0.15, 0.2) is 11.5 Å². The minimum Gasteiger partial charge on any atom is -0.494 e. The number of benzene rings is 3. The van der Waals surface area contributed by atoms with Gasteiger partial charge in [-0.2, -0.15) is 0 Å². The Morgan fingerprint density at radius 1 is 0.971 bits per heavy atom. The number of pyridine rings is 1. The molecule has 1 amide bonds. The Bertz CT molecular complexity index is 1460. The number of nitrogens with zero attached hydrogens (tertiary/aromatic N) is 1. The van der Waals surface area contributed by atoms with Crippen molar-refractivity contribution in [2.24, 2.45) is 0 Å². The third-order valence-corrected chi connectivity index (χ3v) is 5.62. The fourth-order valence-electron chi connectivity index (χ4n) is 3.78. The van der Waals surface area contributed by atoms with Crippen molar-refractivity contribution in [1.82, 2.24) is 4.57 Å². The van der Waals surface area contributed by atoms with Crippen molar-refractivity contribution in [3.05, 3.63) is 88.1 Å². The molecule has 0 aliphatic rings. The maximum Gasteiger partial charge on any atom is 0.263 e. The SMILES string of the molecule is CCOc1ccc(-n2cc(C(=O)Nc3ccc(C)c(F)c3)c3cc(OC)c(OC)cc3c2=O)cc1. The van der Waals surface area contributed by atoms with Gasteiger partial charge in [0.05, 0.1) is 31.8 Å². The van der Waals surface area contributed by atoms with Gasteiger partial charge < -0.3 is 19.5 Å². The zero-order chi connectivity index (χ0) is 25.1. The van der Waals surface area contributed by atoms with E-state index in [1.807, 2.05) is 6.92 Å². The second kappa shape index (κ2) is 9.89. The zero-order valence-corrected chi connectivity index (χ0v) is 19.8. The fourth-order valence-corrected chi connectivity index (χ4v) is 3.78. The van der Waals surface area contributed by atoms with Crippen LogP contribution in [0.25, 0.3) is 16.5 Å². The molecule has 1 heterocycles. The van der Waals surface area contributed by atoms with E-state index in [0.717, 1.165) is 0 Å². The number of fused-ring (bicyclic) bond motifs is 1. The number of ether oxygens (including phenoxy) is 3. The molecule has 8 heteroatoms. The predicted molar refractivity (Wildman–Crippen MR) is 133 cm³/mol. The topological polar surface area (TPSA) is 78.8 Å². The van der Waals surface area contributed by atoms with Gasteiger partial charge in [-0.3, -0.25) is 14.2 Å². The summed E-state index contributed by atoms with van der Waals surface area (Å²) in [6.45, 7) is 4.04. The maximum absolute atomic E-state index is 14.1. The summed E-state index contributed by atoms with van der Waals surface area (Å²) in [5, 5.41) is 3.36. The summed E-state index contributed by atoms with van der Waals surface area (Å²) in [6.07, 6.45) is 1.46. The molecule has 7 nitrogen and oxygen atoms in total. The van der Waals surface area contributed by atoms with Crippen LogP contribution in [0.15, 0.2) is 65.6 Å². The average Bonchev–Trinajstić information content (AvgIpc) is 2.86. The van der Waals surface area contributed by atoms with Crippen molar-refractivity contribution < 1.29 is 23.4 Å². The Morgan fingerprint density at radius 2 is 1.63 bits per heavy atom. The van der Waals surface area contributed by atoms with E-state index in [1.54, 1.807) is 55.5 Å². The van der Waals surface area contributed by atoms with E-state index in [4.69, 9.17) is 14.2 Å². The van der Waals surface area contributed by atoms with Gasteiger partial charge in [0.2, 0.25) is 0 Å². The number of rotatable bonds is 7. The molecule has 1 aromatic heterocycles. The first kappa shape index (κ1) is 23.8. The lowest BCUT2D eigenvalue weighted by atomic mass is 10.0. The molecule has 35 heavy (non-hydrogen) atoms. The number of nitrogens with one attached hydrogen (secondary N) is 1. The van der Waals surface area contributed by atoms with Crippen LogP contribution in [0.4, 0.5) is 10.1 Å². The normalized spacial score (nSPS) is 10.8. The minimum atomic E-state index is -0.509. The third-order valence-electron chi connectivity index (χ3n) is 5.62. The number of carbonyl (C=O) groups excluding carboxylic acids is 1. The molecule has 0 spiro atoms. The van der Waals surface area contributed by atoms with Crippen LogP contribution in [-0.2, 0) is 0 Å². The number of aromatic nitrogens is 1. The van der Waals surface area contributed by atoms with Gasteiger partial charge in [0.25, 0.3) is 11.5 Å². The summed E-state index contributed by atoms with van der Waals surface area (Å²) < 4.78 is 31.7. The summed E-state index contributed by atoms with van der Waals surface area (Å²) in [4.78, 5) is 26.8. The molecule has 0 fully saturated rings. The van der Waals surface area contributed by atoms with Gasteiger partial charge in [-0.05, 0) is 67.9 Å². The number of methoxy groups -OCH3 is 2. The third kappa shape index (κ3) is 4.68. The number of amides is 1. The van der Waals surface area contributed by atoms with Gasteiger partial charge in [-0.25, -0.2) is 4.39 Å². The number of hydrogen-bond acceptors (Lipinski definition) is 5. The van der Waals surface area contributed by atoms with Gasteiger partial charge in [-0.1, -0.05) is 6.07 Å². The molecule has 180 valence electrons. The average molecular weight is 477 g/mol. The van der Waals surface area contributed by atoms with Crippen LogP contribution in [0.3, 0.4) is 0 Å². The number of aryl methyl sites for hydroxylation is 1. The van der Waals surface area contributed by atoms with E-state index in [9.17, 15) is 14.0 Å². The highest BCUT2D eigenvalue weighted by molar-refractivity contribution is 6.13. The molecule has 0 unspecified atom stereocenters. The first-order valence-corrected chi connectivity index (χ1v) is 11.0. The lowest BCUT2D eigenvalue weighted by Gasteiger charge is -2.15. The molecule has 0 aliphatic carbocycles. The molecule has 1 N–H and O–H groups in total. The molecular weight excluding hydrogens is 451 g/mol. The van der Waals surface area contributed by atoms with Crippen LogP contribution in [0.5, 0.6) is 17.2 Å². The van der Waals surface area contributed by atoms with Gasteiger partial charge in [0.1, 0.15) is 11.6 Å². The second-order valence-electron chi connectivity index (χ2n) is 7.82. The second-order valence-corrected chi connectivity index (χ2v) is 7.82. The summed E-state index contributed by atoms with van der Waals surface area (Å²) in [5.74, 6) is 0.446. The first-order chi connectivity index (χ1) is 16.9. The highest BCUT2D eigenvalue weighted by Crippen LogP contribution is 2.33. The fraction of sp³-hybridized carbons (Fsp3) is 0.185. The number of hydrogen-bond donors (Lipinski definition) is 1. The summed E-state index contributed by atoms with van der Waals surface area (Å²) in [7, 11) is 2.94. The van der Waals surface area contributed by atoms with Crippen molar-refractivity contribution in [2.45, 2.75) is 13.8 Å². The summed E-state index contributed by atoms with van der Waals surface area (Å²) in [5.41, 5.74) is 1.17. The van der Waals surface area contributed by atoms with Gasteiger partial charge in [0, 0.05) is 23.0 Å². The monoisotopic (exact) mass is 476 g/mol. The highest BCUT2D eigenvalue weighted by Gasteiger charge is 2.19. The summed E-state index contributed by atoms with van der Waals surface area (Å²) in [6, 6.07) is 14.5. The summed E-state index contributed by atoms with van der Waals surface area (Å²) >= 11 is 0. The van der Waals surface area contributed by atoms with Crippen LogP contribution in [0.2, 0.25) is 0 Å². The van der Waals surface area contributed by atoms with E-state index in [1.165, 1.54) is 31.0 Å². The number of halogens is 1. The maximum atomic E-state index is 14.1. The van der Waals surface area contributed by atoms with E-state index < -0.39 is 11.7 Å². The minimum absolute atomic E-state index is 0.204. The van der Waals surface area contributed by atoms with Crippen LogP contribution in [0, 0.1) is 12.7 Å². The van der Waals surface area contributed by atoms with E-state index in [0.29, 0.717) is 46.2 Å². The molecule has 0 radical (unpaired) electrons. The van der Waals surface area contributed by atoms with Crippen LogP contribution >= 0.6 is 0 Å². The van der Waals surface area contributed by atoms with Crippen LogP contribution in [-0.4, -0.2) is 31.3 Å². The Hall–Kier alpha value is -4.33. The first-order valence-electron chi connectivity index (χ1n) is 11.0. The molecule has 0 bridgehead atoms. The van der Waals surface area contributed by atoms with E-state index in [-0.39, 0.29) is 16.5 Å². The predicted octanol–water partition coefficient (Wildman–Crippen LogP) is 5.11. The number of carbonyl (C=O) groups is 1. The molecule has 4 aromatic rings. The van der Waals surface area contributed by atoms with Crippen molar-refractivity contribution in [2.75, 3.05) is 26.1 Å². The lowest BCUT2D eigenvalue weighted by Crippen LogP contribution is -2.23. The Labute approximate surface area is 201 Å². The molecule has 3 aromatic carbocycles. The van der Waals surface area contributed by atoms with E-state index in [2.05, 4.69) is 5.32 Å². The van der Waals surface area contributed by atoms with E-state index >= 15 is 0 Å². The largest absolute Gasteiger partial charge is 0.494 e. The van der Waals surface area contributed by atoms with Crippen molar-refractivity contribution in [3.63, 3.8) is 0 Å². The standard InChI is InChI=1S/C27H25FN2O5/c1-5-35-19-10-8-18(9-11-19)30-15-22(26(31)29-17-7-6-16(2)23(28)12-17)20-13-24(33-3)25(34-4)14-21(20)27(30)32/h6-15H,5H2,1-4H3,(H,29,31). The zero-order valence-electron chi connectivity index (χ0n) is 19.8. The van der Waals surface area contributed by atoms with Gasteiger partial charge in [-0.15, -0.1) is 0 Å². The van der Waals surface area contributed by atoms with Crippen LogP contribution in [0.1, 0.15) is 22.8 Å². The smallest absolute Gasteiger partial charge is 0.263 e. The van der Waals surface area contributed by atoms with Crippen molar-refractivity contribution >= 4 is 22.4 Å². The molecule has 0 aliphatic heterocycles. The molecule has 0 atom stereocenters. The van der Waals surface area contributed by atoms with Crippen molar-refractivity contribution in [3.8, 4) is 22.9 Å². The quantitative estimate of drug-likeness (QED) is 0.401. The molecule has 0 saturated heterocycles. The van der Waals surface area contributed by atoms with Crippen LogP contribution < -0.4 is 25.1 Å². The Morgan fingerprint density at radius 3 is 2.23 bits per heavy atom. The Kier molecular flexibility index (Phi) is 6.73. The highest BCUT2D eigenvalue weighted by atomic mass is 19.1.